The third-order valence-electron chi connectivity index (χ3n) is 7.80. The lowest BCUT2D eigenvalue weighted by Crippen LogP contribution is -2.51. The molecule has 0 N–H and O–H groups in total. The lowest BCUT2D eigenvalue weighted by molar-refractivity contribution is -0.279. The van der Waals surface area contributed by atoms with Gasteiger partial charge in [-0.3, -0.25) is 4.79 Å². The van der Waals surface area contributed by atoms with Crippen LogP contribution in [0.1, 0.15) is 80.0 Å². The van der Waals surface area contributed by atoms with E-state index in [-0.39, 0.29) is 53.9 Å². The van der Waals surface area contributed by atoms with Crippen LogP contribution in [0.15, 0.2) is 12.4 Å². The maximum Gasteiger partial charge on any atom is 0.360 e. The molecule has 14 heteroatoms. The summed E-state index contributed by atoms with van der Waals surface area (Å²) >= 11 is 0. The molecule has 2 aliphatic rings. The van der Waals surface area contributed by atoms with Crippen molar-refractivity contribution in [2.24, 2.45) is 17.8 Å². The fraction of sp³-hybridized carbons (Fsp3) is 0.720. The Hall–Kier alpha value is -3.39. The number of hydrogen-bond acceptors (Lipinski definition) is 12. The zero-order valence-electron chi connectivity index (χ0n) is 23.1. The van der Waals surface area contributed by atoms with Crippen molar-refractivity contribution < 1.29 is 38.1 Å². The van der Waals surface area contributed by atoms with Crippen LogP contribution in [0.25, 0.3) is 0 Å². The zero-order valence-corrected chi connectivity index (χ0v) is 23.1. The SMILES string of the molecule is COC(=O)c1cn(C2CCC[C@@H](O[C@@H]3OC(COC(C)=O)[C@H](C)[C@H](n4cc(C(=O)OC)nn4)C3C)C2C)nn1. The van der Waals surface area contributed by atoms with E-state index in [4.69, 9.17) is 23.7 Å². The van der Waals surface area contributed by atoms with E-state index >= 15 is 0 Å². The van der Waals surface area contributed by atoms with E-state index in [0.717, 1.165) is 19.3 Å². The largest absolute Gasteiger partial charge is 0.464 e. The summed E-state index contributed by atoms with van der Waals surface area (Å²) in [5.41, 5.74) is 0.251. The molecule has 1 aliphatic heterocycles. The maximum atomic E-state index is 12.0. The highest BCUT2D eigenvalue weighted by Crippen LogP contribution is 2.42. The number of methoxy groups -OCH3 is 2. The van der Waals surface area contributed by atoms with Crippen molar-refractivity contribution in [2.45, 2.75) is 77.5 Å². The average Bonchev–Trinajstić information content (AvgIpc) is 3.60. The third-order valence-corrected chi connectivity index (χ3v) is 7.80. The third kappa shape index (κ3) is 6.11. The minimum Gasteiger partial charge on any atom is -0.464 e. The topological polar surface area (TPSA) is 159 Å². The summed E-state index contributed by atoms with van der Waals surface area (Å²) in [6, 6.07) is -0.291. The molecule has 214 valence electrons. The normalized spacial score (nSPS) is 30.9. The van der Waals surface area contributed by atoms with Crippen molar-refractivity contribution in [3.05, 3.63) is 23.8 Å². The summed E-state index contributed by atoms with van der Waals surface area (Å²) in [6.07, 6.45) is 4.42. The molecule has 4 rings (SSSR count). The lowest BCUT2D eigenvalue weighted by Gasteiger charge is -2.46. The van der Waals surface area contributed by atoms with Gasteiger partial charge in [-0.15, -0.1) is 10.2 Å². The fourth-order valence-corrected chi connectivity index (χ4v) is 5.60. The highest BCUT2D eigenvalue weighted by molar-refractivity contribution is 5.86. The Balaban J connectivity index is 1.55. The number of aromatic nitrogens is 6. The Bertz CT molecular complexity index is 1170. The Morgan fingerprint density at radius 1 is 0.923 bits per heavy atom. The van der Waals surface area contributed by atoms with Crippen molar-refractivity contribution in [2.75, 3.05) is 20.8 Å². The highest BCUT2D eigenvalue weighted by Gasteiger charge is 2.46. The monoisotopic (exact) mass is 548 g/mol. The molecule has 14 nitrogen and oxygen atoms in total. The Morgan fingerprint density at radius 3 is 2.15 bits per heavy atom. The zero-order chi connectivity index (χ0) is 28.3. The quantitative estimate of drug-likeness (QED) is 0.349. The summed E-state index contributed by atoms with van der Waals surface area (Å²) in [5.74, 6) is -1.83. The lowest BCUT2D eigenvalue weighted by atomic mass is 9.82. The van der Waals surface area contributed by atoms with Gasteiger partial charge < -0.3 is 23.7 Å². The molecule has 2 fully saturated rings. The number of esters is 3. The van der Waals surface area contributed by atoms with Gasteiger partial charge in [-0.1, -0.05) is 31.2 Å². The molecule has 0 radical (unpaired) electrons. The van der Waals surface area contributed by atoms with Gasteiger partial charge in [0.15, 0.2) is 17.7 Å². The molecule has 0 amide bonds. The number of rotatable bonds is 8. The molecule has 4 unspecified atom stereocenters. The fourth-order valence-electron chi connectivity index (χ4n) is 5.60. The van der Waals surface area contributed by atoms with Gasteiger partial charge in [-0.05, 0) is 19.3 Å². The Kier molecular flexibility index (Phi) is 8.95. The van der Waals surface area contributed by atoms with Crippen molar-refractivity contribution in [3.63, 3.8) is 0 Å². The van der Waals surface area contributed by atoms with Gasteiger partial charge in [-0.2, -0.15) is 0 Å². The van der Waals surface area contributed by atoms with Gasteiger partial charge in [0.2, 0.25) is 0 Å². The van der Waals surface area contributed by atoms with Gasteiger partial charge in [0.05, 0.1) is 50.9 Å². The molecule has 8 atom stereocenters. The summed E-state index contributed by atoms with van der Waals surface area (Å²) in [7, 11) is 2.59. The first-order chi connectivity index (χ1) is 18.6. The maximum absolute atomic E-state index is 12.0. The standard InChI is InChI=1S/C25H36N6O8/c1-13-19(30-10-17(26-28-30)23(33)35-5)8-7-9-20(13)38-25-15(3)22(14(2)21(39-25)12-37-16(4)32)31-11-18(27-29-31)24(34)36-6/h10-11,13-15,19-22,25H,7-9,12H2,1-6H3/t13?,14-,15?,19?,20+,21?,22-,25+/m0/s1. The van der Waals surface area contributed by atoms with Crippen LogP contribution in [0, 0.1) is 17.8 Å². The number of carbonyl (C=O) groups is 3. The molecule has 2 aromatic heterocycles. The number of nitrogens with zero attached hydrogens (tertiary/aromatic N) is 6. The van der Waals surface area contributed by atoms with Gasteiger partial charge in [0, 0.05) is 24.7 Å². The summed E-state index contributed by atoms with van der Waals surface area (Å²) in [4.78, 5) is 35.4. The second kappa shape index (κ2) is 12.2. The first-order valence-electron chi connectivity index (χ1n) is 13.1. The van der Waals surface area contributed by atoms with Gasteiger partial charge >= 0.3 is 17.9 Å². The molecule has 2 aromatic rings. The average molecular weight is 549 g/mol. The molecule has 1 aliphatic carbocycles. The minimum atomic E-state index is -0.648. The van der Waals surface area contributed by atoms with Crippen LogP contribution in [0.2, 0.25) is 0 Å². The molecule has 39 heavy (non-hydrogen) atoms. The highest BCUT2D eigenvalue weighted by atomic mass is 16.7. The minimum absolute atomic E-state index is 0.0296. The Morgan fingerprint density at radius 2 is 1.54 bits per heavy atom. The number of hydrogen-bond donors (Lipinski definition) is 0. The van der Waals surface area contributed by atoms with E-state index < -0.39 is 30.3 Å². The van der Waals surface area contributed by atoms with E-state index in [2.05, 4.69) is 27.5 Å². The van der Waals surface area contributed by atoms with E-state index in [0.29, 0.717) is 0 Å². The first-order valence-corrected chi connectivity index (χ1v) is 13.1. The first kappa shape index (κ1) is 28.6. The summed E-state index contributed by atoms with van der Waals surface area (Å²) in [6.45, 7) is 7.46. The van der Waals surface area contributed by atoms with Crippen LogP contribution in [-0.2, 0) is 28.5 Å². The van der Waals surface area contributed by atoms with E-state index in [1.54, 1.807) is 21.8 Å². The van der Waals surface area contributed by atoms with Crippen LogP contribution in [0.3, 0.4) is 0 Å². The van der Waals surface area contributed by atoms with Gasteiger partial charge in [0.25, 0.3) is 0 Å². The van der Waals surface area contributed by atoms with E-state index in [1.165, 1.54) is 21.1 Å². The second-order valence-electron chi connectivity index (χ2n) is 10.2. The van der Waals surface area contributed by atoms with Crippen LogP contribution in [-0.4, -0.2) is 87.2 Å². The summed E-state index contributed by atoms with van der Waals surface area (Å²) < 4.78 is 31.2. The molecule has 1 saturated heterocycles. The number of ether oxygens (including phenoxy) is 5. The van der Waals surface area contributed by atoms with Crippen LogP contribution < -0.4 is 0 Å². The van der Waals surface area contributed by atoms with Crippen molar-refractivity contribution in [1.29, 1.82) is 0 Å². The van der Waals surface area contributed by atoms with E-state index in [1.807, 2.05) is 13.8 Å². The molecule has 3 heterocycles. The smallest absolute Gasteiger partial charge is 0.360 e. The van der Waals surface area contributed by atoms with Crippen LogP contribution in [0.4, 0.5) is 0 Å². The predicted molar refractivity (Wildman–Crippen MR) is 132 cm³/mol. The van der Waals surface area contributed by atoms with Crippen LogP contribution in [0.5, 0.6) is 0 Å². The molecule has 0 bridgehead atoms. The van der Waals surface area contributed by atoms with E-state index in [9.17, 15) is 14.4 Å². The van der Waals surface area contributed by atoms with Crippen molar-refractivity contribution in [3.8, 4) is 0 Å². The van der Waals surface area contributed by atoms with Crippen molar-refractivity contribution in [1.82, 2.24) is 30.0 Å². The number of carbonyl (C=O) groups excluding carboxylic acids is 3. The molecular weight excluding hydrogens is 512 g/mol. The van der Waals surface area contributed by atoms with Gasteiger partial charge in [-0.25, -0.2) is 19.0 Å². The Labute approximate surface area is 226 Å². The predicted octanol–water partition coefficient (Wildman–Crippen LogP) is 1.99. The van der Waals surface area contributed by atoms with Crippen LogP contribution >= 0.6 is 0 Å². The van der Waals surface area contributed by atoms with Gasteiger partial charge in [0.1, 0.15) is 6.61 Å². The summed E-state index contributed by atoms with van der Waals surface area (Å²) in [5, 5.41) is 16.3. The molecular formula is C25H36N6O8. The molecule has 0 aromatic carbocycles. The molecule has 1 saturated carbocycles. The van der Waals surface area contributed by atoms with Crippen molar-refractivity contribution >= 4 is 17.9 Å². The second-order valence-corrected chi connectivity index (χ2v) is 10.2. The molecule has 0 spiro atoms.